The predicted molar refractivity (Wildman–Crippen MR) is 48.6 cm³/mol. The average Bonchev–Trinajstić information content (AvgIpc) is 2.17. The molecule has 0 aliphatic rings. The van der Waals surface area contributed by atoms with Crippen LogP contribution < -0.4 is 11.2 Å². The van der Waals surface area contributed by atoms with Gasteiger partial charge in [0.25, 0.3) is 5.91 Å². The second kappa shape index (κ2) is 4.38. The van der Waals surface area contributed by atoms with Crippen LogP contribution >= 0.6 is 0 Å². The number of hydrogen-bond acceptors (Lipinski definition) is 3. The first-order valence-corrected chi connectivity index (χ1v) is 3.95. The van der Waals surface area contributed by atoms with Gasteiger partial charge in [-0.2, -0.15) is 0 Å². The number of carbonyl (C=O) groups is 2. The van der Waals surface area contributed by atoms with Gasteiger partial charge in [-0.15, -0.1) is 0 Å². The molecule has 1 aromatic carbocycles. The third-order valence-electron chi connectivity index (χ3n) is 1.70. The van der Waals surface area contributed by atoms with E-state index in [0.717, 1.165) is 5.56 Å². The van der Waals surface area contributed by atoms with Crippen LogP contribution in [-0.2, 0) is 11.2 Å². The number of nitrogens with one attached hydrogen (secondary N) is 1. The minimum absolute atomic E-state index is 0.140. The number of hydroxylamine groups is 1. The summed E-state index contributed by atoms with van der Waals surface area (Å²) in [7, 11) is 0. The number of nitrogens with two attached hydrogens (primary N) is 1. The lowest BCUT2D eigenvalue weighted by Crippen LogP contribution is -2.18. The fourth-order valence-corrected chi connectivity index (χ4v) is 1.04. The van der Waals surface area contributed by atoms with Crippen molar-refractivity contribution < 1.29 is 14.8 Å². The van der Waals surface area contributed by atoms with Crippen molar-refractivity contribution in [2.45, 2.75) is 6.42 Å². The lowest BCUT2D eigenvalue weighted by molar-refractivity contribution is -0.117. The van der Waals surface area contributed by atoms with E-state index >= 15 is 0 Å². The van der Waals surface area contributed by atoms with E-state index in [9.17, 15) is 9.59 Å². The van der Waals surface area contributed by atoms with Gasteiger partial charge in [-0.05, 0) is 17.7 Å². The molecule has 0 heterocycles. The molecule has 0 radical (unpaired) electrons. The number of benzene rings is 1. The lowest BCUT2D eigenvalue weighted by Gasteiger charge is -2.00. The third-order valence-corrected chi connectivity index (χ3v) is 1.70. The fourth-order valence-electron chi connectivity index (χ4n) is 1.04. The highest BCUT2D eigenvalue weighted by atomic mass is 16.5. The molecular weight excluding hydrogens is 184 g/mol. The normalized spacial score (nSPS) is 9.50. The zero-order valence-electron chi connectivity index (χ0n) is 7.36. The number of rotatable bonds is 3. The zero-order chi connectivity index (χ0) is 10.6. The number of primary amides is 1. The molecule has 0 saturated carbocycles. The van der Waals surface area contributed by atoms with Crippen LogP contribution in [0.2, 0.25) is 0 Å². The maximum absolute atomic E-state index is 10.9. The first-order valence-electron chi connectivity index (χ1n) is 3.95. The monoisotopic (exact) mass is 194 g/mol. The van der Waals surface area contributed by atoms with Gasteiger partial charge in [-0.25, -0.2) is 5.48 Å². The highest BCUT2D eigenvalue weighted by molar-refractivity contribution is 5.93. The van der Waals surface area contributed by atoms with E-state index in [0.29, 0.717) is 5.56 Å². The van der Waals surface area contributed by atoms with Crippen molar-refractivity contribution >= 4 is 11.8 Å². The van der Waals surface area contributed by atoms with Gasteiger partial charge in [-0.3, -0.25) is 14.8 Å². The predicted octanol–water partition coefficient (Wildman–Crippen LogP) is -0.167. The lowest BCUT2D eigenvalue weighted by atomic mass is 10.1. The van der Waals surface area contributed by atoms with Gasteiger partial charge >= 0.3 is 0 Å². The van der Waals surface area contributed by atoms with Crippen LogP contribution in [0.5, 0.6) is 0 Å². The first kappa shape index (κ1) is 10.2. The van der Waals surface area contributed by atoms with E-state index in [-0.39, 0.29) is 6.42 Å². The van der Waals surface area contributed by atoms with Crippen LogP contribution in [0, 0.1) is 0 Å². The number of amides is 2. The minimum Gasteiger partial charge on any atom is -0.369 e. The molecule has 2 amide bonds. The molecule has 0 aliphatic carbocycles. The summed E-state index contributed by atoms with van der Waals surface area (Å²) in [5.74, 6) is -1.01. The second-order valence-electron chi connectivity index (χ2n) is 2.78. The van der Waals surface area contributed by atoms with Crippen LogP contribution in [0.3, 0.4) is 0 Å². The van der Waals surface area contributed by atoms with Crippen molar-refractivity contribution in [2.75, 3.05) is 0 Å². The maximum atomic E-state index is 10.9. The Morgan fingerprint density at radius 1 is 1.29 bits per heavy atom. The summed E-state index contributed by atoms with van der Waals surface area (Å²) in [5, 5.41) is 8.33. The molecule has 0 saturated heterocycles. The molecule has 5 heteroatoms. The van der Waals surface area contributed by atoms with E-state index in [4.69, 9.17) is 10.9 Å². The summed E-state index contributed by atoms with van der Waals surface area (Å²) in [6.45, 7) is 0. The van der Waals surface area contributed by atoms with E-state index in [2.05, 4.69) is 0 Å². The molecule has 1 aromatic rings. The SMILES string of the molecule is NC(=O)Cc1ccc(C(=O)NO)cc1. The van der Waals surface area contributed by atoms with E-state index in [1.807, 2.05) is 0 Å². The highest BCUT2D eigenvalue weighted by Gasteiger charge is 2.03. The van der Waals surface area contributed by atoms with Crippen LogP contribution in [-0.4, -0.2) is 17.0 Å². The minimum atomic E-state index is -0.587. The summed E-state index contributed by atoms with van der Waals surface area (Å²) >= 11 is 0. The largest absolute Gasteiger partial charge is 0.369 e. The summed E-state index contributed by atoms with van der Waals surface area (Å²) in [4.78, 5) is 21.4. The van der Waals surface area contributed by atoms with Gasteiger partial charge in [0.05, 0.1) is 6.42 Å². The van der Waals surface area contributed by atoms with Crippen LogP contribution in [0.15, 0.2) is 24.3 Å². The van der Waals surface area contributed by atoms with Gasteiger partial charge in [0.2, 0.25) is 5.91 Å². The topological polar surface area (TPSA) is 92.4 Å². The molecule has 0 atom stereocenters. The Morgan fingerprint density at radius 3 is 2.29 bits per heavy atom. The molecule has 0 fully saturated rings. The van der Waals surface area contributed by atoms with Crippen molar-refractivity contribution in [3.05, 3.63) is 35.4 Å². The fraction of sp³-hybridized carbons (Fsp3) is 0.111. The standard InChI is InChI=1S/C9H10N2O3/c10-8(12)5-6-1-3-7(4-2-6)9(13)11-14/h1-4,14H,5H2,(H2,10,12)(H,11,13). The van der Waals surface area contributed by atoms with Gasteiger partial charge in [-0.1, -0.05) is 12.1 Å². The smallest absolute Gasteiger partial charge is 0.274 e. The first-order chi connectivity index (χ1) is 6.63. The van der Waals surface area contributed by atoms with Gasteiger partial charge < -0.3 is 5.73 Å². The Morgan fingerprint density at radius 2 is 1.86 bits per heavy atom. The van der Waals surface area contributed by atoms with Crippen LogP contribution in [0.25, 0.3) is 0 Å². The molecule has 4 N–H and O–H groups in total. The maximum Gasteiger partial charge on any atom is 0.274 e. The molecular formula is C9H10N2O3. The van der Waals surface area contributed by atoms with Crippen molar-refractivity contribution in [2.24, 2.45) is 5.73 Å². The van der Waals surface area contributed by atoms with E-state index in [1.54, 1.807) is 12.1 Å². The number of hydrogen-bond donors (Lipinski definition) is 3. The molecule has 0 aliphatic heterocycles. The summed E-state index contributed by atoms with van der Waals surface area (Å²) < 4.78 is 0. The van der Waals surface area contributed by atoms with Crippen molar-refractivity contribution in [3.8, 4) is 0 Å². The van der Waals surface area contributed by atoms with Gasteiger partial charge in [0, 0.05) is 5.56 Å². The molecule has 0 spiro atoms. The molecule has 5 nitrogen and oxygen atoms in total. The van der Waals surface area contributed by atoms with Crippen molar-refractivity contribution in [1.29, 1.82) is 0 Å². The van der Waals surface area contributed by atoms with Gasteiger partial charge in [0.1, 0.15) is 0 Å². The molecule has 74 valence electrons. The Labute approximate surface area is 80.5 Å². The summed E-state index contributed by atoms with van der Waals surface area (Å²) in [6, 6.07) is 6.22. The Balaban J connectivity index is 2.78. The second-order valence-corrected chi connectivity index (χ2v) is 2.78. The summed E-state index contributed by atoms with van der Waals surface area (Å²) in [5.41, 5.74) is 7.55. The molecule has 0 unspecified atom stereocenters. The van der Waals surface area contributed by atoms with E-state index < -0.39 is 11.8 Å². The third kappa shape index (κ3) is 2.56. The zero-order valence-corrected chi connectivity index (χ0v) is 7.36. The Kier molecular flexibility index (Phi) is 3.19. The summed E-state index contributed by atoms with van der Waals surface area (Å²) in [6.07, 6.45) is 0.140. The molecule has 0 bridgehead atoms. The van der Waals surface area contributed by atoms with Crippen LogP contribution in [0.4, 0.5) is 0 Å². The number of carbonyl (C=O) groups excluding carboxylic acids is 2. The average molecular weight is 194 g/mol. The van der Waals surface area contributed by atoms with Crippen molar-refractivity contribution in [3.63, 3.8) is 0 Å². The quantitative estimate of drug-likeness (QED) is 0.461. The van der Waals surface area contributed by atoms with Gasteiger partial charge in [0.15, 0.2) is 0 Å². The van der Waals surface area contributed by atoms with Crippen molar-refractivity contribution in [1.82, 2.24) is 5.48 Å². The Hall–Kier alpha value is -1.88. The van der Waals surface area contributed by atoms with Crippen LogP contribution in [0.1, 0.15) is 15.9 Å². The molecule has 0 aromatic heterocycles. The molecule has 1 rings (SSSR count). The Bertz CT molecular complexity index is 346. The van der Waals surface area contributed by atoms with E-state index in [1.165, 1.54) is 17.6 Å². The molecule has 14 heavy (non-hydrogen) atoms. The highest BCUT2D eigenvalue weighted by Crippen LogP contribution is 2.04.